The number of benzene rings is 2. The highest BCUT2D eigenvalue weighted by Gasteiger charge is 2.50. The van der Waals surface area contributed by atoms with E-state index in [9.17, 15) is 18.0 Å². The number of rotatable bonds is 4. The molecule has 4 rings (SSSR count). The largest absolute Gasteiger partial charge is 0.416 e. The lowest BCUT2D eigenvalue weighted by molar-refractivity contribution is -0.138. The summed E-state index contributed by atoms with van der Waals surface area (Å²) in [6.45, 7) is 0. The molecule has 26 heavy (non-hydrogen) atoms. The number of hydrogen-bond acceptors (Lipinski definition) is 1. The summed E-state index contributed by atoms with van der Waals surface area (Å²) in [5.41, 5.74) is 0.339. The van der Waals surface area contributed by atoms with Crippen molar-refractivity contribution in [2.75, 3.05) is 0 Å². The second-order valence-electron chi connectivity index (χ2n) is 7.32. The maximum absolute atomic E-state index is 13.2. The molecule has 0 bridgehead atoms. The molecule has 2 saturated carbocycles. The van der Waals surface area contributed by atoms with Gasteiger partial charge in [0.25, 0.3) is 0 Å². The number of carbonyl (C=O) groups is 1. The van der Waals surface area contributed by atoms with E-state index in [1.807, 2.05) is 30.3 Å². The number of amides is 1. The maximum Gasteiger partial charge on any atom is 0.416 e. The van der Waals surface area contributed by atoms with E-state index in [1.54, 1.807) is 6.07 Å². The molecule has 2 fully saturated rings. The lowest BCUT2D eigenvalue weighted by atomic mass is 9.71. The Morgan fingerprint density at radius 1 is 1.00 bits per heavy atom. The SMILES string of the molecule is O=C(NC1(c2ccccc2)CCC1)[C@H]1C[C@@H]1c1ccccc1C(F)(F)F. The van der Waals surface area contributed by atoms with Crippen LogP contribution in [0.1, 0.15) is 48.3 Å². The number of hydrogen-bond donors (Lipinski definition) is 1. The van der Waals surface area contributed by atoms with Crippen LogP contribution in [0.25, 0.3) is 0 Å². The fourth-order valence-electron chi connectivity index (χ4n) is 4.01. The third-order valence-electron chi connectivity index (χ3n) is 5.69. The predicted octanol–water partition coefficient (Wildman–Crippen LogP) is 5.00. The summed E-state index contributed by atoms with van der Waals surface area (Å²) in [5, 5.41) is 3.15. The standard InChI is InChI=1S/C21H20F3NO/c22-21(23,24)18-10-5-4-9-15(18)16-13-17(16)19(26)25-20(11-6-12-20)14-7-2-1-3-8-14/h1-5,7-10,16-17H,6,11-13H2,(H,25,26)/t16-,17+/m1/s1. The molecule has 1 N–H and O–H groups in total. The van der Waals surface area contributed by atoms with Crippen molar-refractivity contribution in [1.29, 1.82) is 0 Å². The molecule has 5 heteroatoms. The normalized spacial score (nSPS) is 23.8. The van der Waals surface area contributed by atoms with Gasteiger partial charge in [0.15, 0.2) is 0 Å². The summed E-state index contributed by atoms with van der Waals surface area (Å²) < 4.78 is 39.7. The van der Waals surface area contributed by atoms with Gasteiger partial charge in [0.05, 0.1) is 11.1 Å². The number of halogens is 3. The van der Waals surface area contributed by atoms with E-state index >= 15 is 0 Å². The summed E-state index contributed by atoms with van der Waals surface area (Å²) in [4.78, 5) is 12.7. The van der Waals surface area contributed by atoms with Crippen LogP contribution in [0, 0.1) is 5.92 Å². The Morgan fingerprint density at radius 2 is 1.65 bits per heavy atom. The van der Waals surface area contributed by atoms with Gasteiger partial charge in [0.1, 0.15) is 0 Å². The monoisotopic (exact) mass is 359 g/mol. The van der Waals surface area contributed by atoms with E-state index in [-0.39, 0.29) is 28.8 Å². The molecule has 136 valence electrons. The van der Waals surface area contributed by atoms with E-state index in [0.29, 0.717) is 6.42 Å². The molecule has 2 nitrogen and oxygen atoms in total. The van der Waals surface area contributed by atoms with E-state index in [0.717, 1.165) is 30.9 Å². The summed E-state index contributed by atoms with van der Waals surface area (Å²) >= 11 is 0. The van der Waals surface area contributed by atoms with Gasteiger partial charge in [-0.05, 0) is 48.8 Å². The zero-order valence-electron chi connectivity index (χ0n) is 14.2. The molecule has 2 aromatic carbocycles. The summed E-state index contributed by atoms with van der Waals surface area (Å²) in [6, 6.07) is 15.4. The van der Waals surface area contributed by atoms with Gasteiger partial charge >= 0.3 is 6.18 Å². The molecule has 0 saturated heterocycles. The quantitative estimate of drug-likeness (QED) is 0.817. The Balaban J connectivity index is 1.50. The predicted molar refractivity (Wildman–Crippen MR) is 92.4 cm³/mol. The van der Waals surface area contributed by atoms with Crippen molar-refractivity contribution in [3.8, 4) is 0 Å². The Bertz CT molecular complexity index is 812. The lowest BCUT2D eigenvalue weighted by Gasteiger charge is -2.43. The molecular formula is C21H20F3NO. The first-order valence-electron chi connectivity index (χ1n) is 8.94. The van der Waals surface area contributed by atoms with Crippen LogP contribution in [0.2, 0.25) is 0 Å². The van der Waals surface area contributed by atoms with E-state index < -0.39 is 11.7 Å². The third-order valence-corrected chi connectivity index (χ3v) is 5.69. The van der Waals surface area contributed by atoms with Crippen LogP contribution in [-0.4, -0.2) is 5.91 Å². The zero-order chi connectivity index (χ0) is 18.4. The second kappa shape index (κ2) is 6.15. The van der Waals surface area contributed by atoms with Crippen LogP contribution < -0.4 is 5.32 Å². The Morgan fingerprint density at radius 3 is 2.27 bits per heavy atom. The molecule has 0 spiro atoms. The highest BCUT2D eigenvalue weighted by atomic mass is 19.4. The molecule has 2 atom stereocenters. The van der Waals surface area contributed by atoms with Gasteiger partial charge in [-0.15, -0.1) is 0 Å². The van der Waals surface area contributed by atoms with Crippen LogP contribution in [0.3, 0.4) is 0 Å². The van der Waals surface area contributed by atoms with Crippen molar-refractivity contribution in [3.63, 3.8) is 0 Å². The topological polar surface area (TPSA) is 29.1 Å². The Kier molecular flexibility index (Phi) is 4.05. The molecule has 0 radical (unpaired) electrons. The summed E-state index contributed by atoms with van der Waals surface area (Å²) in [6.07, 6.45) is -1.12. The van der Waals surface area contributed by atoms with Crippen molar-refractivity contribution in [3.05, 3.63) is 71.3 Å². The van der Waals surface area contributed by atoms with E-state index in [4.69, 9.17) is 0 Å². The van der Waals surface area contributed by atoms with Crippen molar-refractivity contribution >= 4 is 5.91 Å². The Labute approximate surface area is 150 Å². The molecule has 0 unspecified atom stereocenters. The van der Waals surface area contributed by atoms with Crippen LogP contribution in [0.4, 0.5) is 13.2 Å². The molecule has 0 aliphatic heterocycles. The van der Waals surface area contributed by atoms with Crippen LogP contribution >= 0.6 is 0 Å². The smallest absolute Gasteiger partial charge is 0.346 e. The minimum atomic E-state index is -4.39. The number of nitrogens with one attached hydrogen (secondary N) is 1. The summed E-state index contributed by atoms with van der Waals surface area (Å²) in [5.74, 6) is -0.851. The molecule has 1 amide bonds. The number of alkyl halides is 3. The van der Waals surface area contributed by atoms with Gasteiger partial charge in [-0.25, -0.2) is 0 Å². The average molecular weight is 359 g/mol. The second-order valence-corrected chi connectivity index (χ2v) is 7.32. The Hall–Kier alpha value is -2.30. The molecular weight excluding hydrogens is 339 g/mol. The maximum atomic E-state index is 13.2. The fourth-order valence-corrected chi connectivity index (χ4v) is 4.01. The summed E-state index contributed by atoms with van der Waals surface area (Å²) in [7, 11) is 0. The van der Waals surface area contributed by atoms with Crippen LogP contribution in [-0.2, 0) is 16.5 Å². The van der Waals surface area contributed by atoms with Gasteiger partial charge in [-0.2, -0.15) is 13.2 Å². The minimum absolute atomic E-state index is 0.129. The van der Waals surface area contributed by atoms with E-state index in [2.05, 4.69) is 5.32 Å². The van der Waals surface area contributed by atoms with Gasteiger partial charge in [-0.1, -0.05) is 48.5 Å². The first-order chi connectivity index (χ1) is 12.4. The van der Waals surface area contributed by atoms with Crippen molar-refractivity contribution in [2.45, 2.75) is 43.3 Å². The minimum Gasteiger partial charge on any atom is -0.346 e. The molecule has 0 heterocycles. The highest BCUT2D eigenvalue weighted by molar-refractivity contribution is 5.84. The average Bonchev–Trinajstić information content (AvgIpc) is 3.39. The molecule has 2 aliphatic carbocycles. The molecule has 2 aliphatic rings. The molecule has 2 aromatic rings. The van der Waals surface area contributed by atoms with Crippen LogP contribution in [0.5, 0.6) is 0 Å². The van der Waals surface area contributed by atoms with Crippen LogP contribution in [0.15, 0.2) is 54.6 Å². The van der Waals surface area contributed by atoms with Crippen molar-refractivity contribution in [1.82, 2.24) is 5.32 Å². The zero-order valence-corrected chi connectivity index (χ0v) is 14.2. The number of carbonyl (C=O) groups excluding carboxylic acids is 1. The fraction of sp³-hybridized carbons (Fsp3) is 0.381. The first-order valence-corrected chi connectivity index (χ1v) is 8.94. The third kappa shape index (κ3) is 3.00. The van der Waals surface area contributed by atoms with E-state index in [1.165, 1.54) is 12.1 Å². The van der Waals surface area contributed by atoms with Crippen molar-refractivity contribution in [2.24, 2.45) is 5.92 Å². The molecule has 0 aromatic heterocycles. The van der Waals surface area contributed by atoms with Gasteiger partial charge < -0.3 is 5.32 Å². The first kappa shape index (κ1) is 17.1. The highest BCUT2D eigenvalue weighted by Crippen LogP contribution is 2.52. The van der Waals surface area contributed by atoms with Gasteiger partial charge in [0.2, 0.25) is 5.91 Å². The van der Waals surface area contributed by atoms with Crippen molar-refractivity contribution < 1.29 is 18.0 Å². The van der Waals surface area contributed by atoms with Gasteiger partial charge in [-0.3, -0.25) is 4.79 Å². The van der Waals surface area contributed by atoms with Gasteiger partial charge in [0, 0.05) is 5.92 Å². The lowest BCUT2D eigenvalue weighted by Crippen LogP contribution is -2.51.